The van der Waals surface area contributed by atoms with Gasteiger partial charge < -0.3 is 14.9 Å². The Labute approximate surface area is 93.9 Å². The molecule has 0 unspecified atom stereocenters. The van der Waals surface area contributed by atoms with Gasteiger partial charge in [-0.1, -0.05) is 24.3 Å². The molecule has 0 aliphatic heterocycles. The normalized spacial score (nSPS) is 10.7. The van der Waals surface area contributed by atoms with E-state index < -0.39 is 0 Å². The zero-order valence-corrected chi connectivity index (χ0v) is 9.10. The van der Waals surface area contributed by atoms with Gasteiger partial charge in [-0.25, -0.2) is 0 Å². The van der Waals surface area contributed by atoms with Gasteiger partial charge in [0.15, 0.2) is 0 Å². The molecule has 0 heterocycles. The lowest BCUT2D eigenvalue weighted by atomic mass is 9.99. The van der Waals surface area contributed by atoms with Crippen LogP contribution >= 0.6 is 0 Å². The van der Waals surface area contributed by atoms with Gasteiger partial charge in [-0.3, -0.25) is 0 Å². The number of hydrogen-bond acceptors (Lipinski definition) is 3. The highest BCUT2D eigenvalue weighted by molar-refractivity contribution is 5.90. The lowest BCUT2D eigenvalue weighted by Crippen LogP contribution is -1.96. The molecule has 0 aromatic heterocycles. The molecular weight excluding hydrogens is 204 g/mol. The standard InChI is InChI=1S/C13H14O3/c1-16-12-6-5-9-3-2-4-10(7-14)13(9)11(12)8-15/h2-6,14-15H,7-8H2,1H3. The molecule has 0 saturated carbocycles. The number of fused-ring (bicyclic) bond motifs is 1. The summed E-state index contributed by atoms with van der Waals surface area (Å²) < 4.78 is 5.20. The quantitative estimate of drug-likeness (QED) is 0.826. The second kappa shape index (κ2) is 4.51. The second-order valence-electron chi connectivity index (χ2n) is 3.58. The van der Waals surface area contributed by atoms with E-state index in [1.165, 1.54) is 0 Å². The number of aliphatic hydroxyl groups excluding tert-OH is 2. The molecule has 3 heteroatoms. The van der Waals surface area contributed by atoms with Gasteiger partial charge in [0.05, 0.1) is 20.3 Å². The summed E-state index contributed by atoms with van der Waals surface area (Å²) in [6, 6.07) is 9.44. The lowest BCUT2D eigenvalue weighted by Gasteiger charge is -2.12. The van der Waals surface area contributed by atoms with Crippen LogP contribution in [0.3, 0.4) is 0 Å². The van der Waals surface area contributed by atoms with Gasteiger partial charge in [0.25, 0.3) is 0 Å². The zero-order chi connectivity index (χ0) is 11.5. The smallest absolute Gasteiger partial charge is 0.125 e. The van der Waals surface area contributed by atoms with Gasteiger partial charge >= 0.3 is 0 Å². The van der Waals surface area contributed by atoms with Gasteiger partial charge in [0.1, 0.15) is 5.75 Å². The minimum Gasteiger partial charge on any atom is -0.496 e. The van der Waals surface area contributed by atoms with E-state index >= 15 is 0 Å². The topological polar surface area (TPSA) is 49.7 Å². The van der Waals surface area contributed by atoms with E-state index in [4.69, 9.17) is 4.74 Å². The minimum absolute atomic E-state index is 0.0441. The molecule has 0 radical (unpaired) electrons. The minimum atomic E-state index is -0.0997. The van der Waals surface area contributed by atoms with Crippen LogP contribution in [-0.2, 0) is 13.2 Å². The van der Waals surface area contributed by atoms with Crippen LogP contribution < -0.4 is 4.74 Å². The first-order valence-electron chi connectivity index (χ1n) is 5.11. The van der Waals surface area contributed by atoms with Crippen LogP contribution in [0.1, 0.15) is 11.1 Å². The fraction of sp³-hybridized carbons (Fsp3) is 0.231. The molecule has 2 aromatic carbocycles. The van der Waals surface area contributed by atoms with Crippen LogP contribution in [0.25, 0.3) is 10.8 Å². The van der Waals surface area contributed by atoms with E-state index in [-0.39, 0.29) is 13.2 Å². The summed E-state index contributed by atoms with van der Waals surface area (Å²) >= 11 is 0. The molecule has 0 amide bonds. The van der Waals surface area contributed by atoms with Crippen molar-refractivity contribution < 1.29 is 14.9 Å². The maximum atomic E-state index is 9.41. The molecule has 0 bridgehead atoms. The monoisotopic (exact) mass is 218 g/mol. The maximum absolute atomic E-state index is 9.41. The summed E-state index contributed by atoms with van der Waals surface area (Å²) in [5.74, 6) is 0.649. The van der Waals surface area contributed by atoms with Crippen molar-refractivity contribution in [1.29, 1.82) is 0 Å². The largest absolute Gasteiger partial charge is 0.496 e. The van der Waals surface area contributed by atoms with E-state index in [0.29, 0.717) is 5.75 Å². The Morgan fingerprint density at radius 2 is 1.88 bits per heavy atom. The third-order valence-corrected chi connectivity index (χ3v) is 2.74. The highest BCUT2D eigenvalue weighted by Gasteiger charge is 2.10. The molecule has 0 fully saturated rings. The molecule has 16 heavy (non-hydrogen) atoms. The molecule has 2 N–H and O–H groups in total. The van der Waals surface area contributed by atoms with Crippen LogP contribution in [0.2, 0.25) is 0 Å². The van der Waals surface area contributed by atoms with Crippen LogP contribution in [0.4, 0.5) is 0 Å². The van der Waals surface area contributed by atoms with Gasteiger partial charge in [-0.05, 0) is 22.4 Å². The van der Waals surface area contributed by atoms with Crippen molar-refractivity contribution in [2.24, 2.45) is 0 Å². The van der Waals surface area contributed by atoms with Crippen molar-refractivity contribution in [3.8, 4) is 5.75 Å². The summed E-state index contributed by atoms with van der Waals surface area (Å²) in [4.78, 5) is 0. The van der Waals surface area contributed by atoms with Gasteiger partial charge in [-0.15, -0.1) is 0 Å². The first-order valence-corrected chi connectivity index (χ1v) is 5.11. The second-order valence-corrected chi connectivity index (χ2v) is 3.58. The molecule has 0 aliphatic rings. The van der Waals surface area contributed by atoms with Crippen LogP contribution in [0.15, 0.2) is 30.3 Å². The molecule has 0 saturated heterocycles. The maximum Gasteiger partial charge on any atom is 0.125 e. The summed E-state index contributed by atoms with van der Waals surface area (Å²) in [6.07, 6.45) is 0. The number of rotatable bonds is 3. The Bertz CT molecular complexity index is 506. The highest BCUT2D eigenvalue weighted by Crippen LogP contribution is 2.30. The molecule has 0 spiro atoms. The van der Waals surface area contributed by atoms with Crippen LogP contribution in [0.5, 0.6) is 5.75 Å². The fourth-order valence-corrected chi connectivity index (χ4v) is 2.00. The van der Waals surface area contributed by atoms with E-state index in [1.54, 1.807) is 7.11 Å². The molecular formula is C13H14O3. The van der Waals surface area contributed by atoms with E-state index in [9.17, 15) is 10.2 Å². The Kier molecular flexibility index (Phi) is 3.08. The first kappa shape index (κ1) is 10.9. The average molecular weight is 218 g/mol. The van der Waals surface area contributed by atoms with Crippen LogP contribution in [-0.4, -0.2) is 17.3 Å². The number of benzene rings is 2. The summed E-state index contributed by atoms with van der Waals surface area (Å²) in [5.41, 5.74) is 1.53. The van der Waals surface area contributed by atoms with Crippen molar-refractivity contribution in [1.82, 2.24) is 0 Å². The van der Waals surface area contributed by atoms with Crippen LogP contribution in [0, 0.1) is 0 Å². The third kappa shape index (κ3) is 1.64. The van der Waals surface area contributed by atoms with E-state index in [2.05, 4.69) is 0 Å². The van der Waals surface area contributed by atoms with Crippen molar-refractivity contribution in [2.45, 2.75) is 13.2 Å². The highest BCUT2D eigenvalue weighted by atomic mass is 16.5. The fourth-order valence-electron chi connectivity index (χ4n) is 2.00. The number of ether oxygens (including phenoxy) is 1. The Morgan fingerprint density at radius 1 is 1.06 bits per heavy atom. The summed E-state index contributed by atoms with van der Waals surface area (Å²) in [6.45, 7) is -0.144. The van der Waals surface area contributed by atoms with E-state index in [0.717, 1.165) is 21.9 Å². The van der Waals surface area contributed by atoms with Crippen molar-refractivity contribution in [2.75, 3.05) is 7.11 Å². The SMILES string of the molecule is COc1ccc2cccc(CO)c2c1CO. The number of hydrogen-bond donors (Lipinski definition) is 2. The number of methoxy groups -OCH3 is 1. The predicted octanol–water partition coefficient (Wildman–Crippen LogP) is 1.83. The Hall–Kier alpha value is -1.58. The molecule has 2 aromatic rings. The zero-order valence-electron chi connectivity index (χ0n) is 9.10. The van der Waals surface area contributed by atoms with Gasteiger partial charge in [0, 0.05) is 5.56 Å². The molecule has 0 aliphatic carbocycles. The molecule has 0 atom stereocenters. The third-order valence-electron chi connectivity index (χ3n) is 2.74. The molecule has 84 valence electrons. The van der Waals surface area contributed by atoms with Crippen molar-refractivity contribution >= 4 is 10.8 Å². The van der Waals surface area contributed by atoms with Crippen molar-refractivity contribution in [3.05, 3.63) is 41.5 Å². The number of aliphatic hydroxyl groups is 2. The predicted molar refractivity (Wildman–Crippen MR) is 62.3 cm³/mol. The van der Waals surface area contributed by atoms with E-state index in [1.807, 2.05) is 30.3 Å². The first-order chi connectivity index (χ1) is 7.81. The molecule has 2 rings (SSSR count). The van der Waals surface area contributed by atoms with Gasteiger partial charge in [0.2, 0.25) is 0 Å². The van der Waals surface area contributed by atoms with Crippen molar-refractivity contribution in [3.63, 3.8) is 0 Å². The van der Waals surface area contributed by atoms with Gasteiger partial charge in [-0.2, -0.15) is 0 Å². The summed E-state index contributed by atoms with van der Waals surface area (Å²) in [7, 11) is 1.57. The lowest BCUT2D eigenvalue weighted by molar-refractivity contribution is 0.273. The Morgan fingerprint density at radius 3 is 2.50 bits per heavy atom. The average Bonchev–Trinajstić information content (AvgIpc) is 2.36. The Balaban J connectivity index is 2.83. The summed E-state index contributed by atoms with van der Waals surface area (Å²) in [5, 5.41) is 20.6. The molecule has 3 nitrogen and oxygen atoms in total.